The van der Waals surface area contributed by atoms with Crippen LogP contribution < -0.4 is 5.32 Å². The van der Waals surface area contributed by atoms with Gasteiger partial charge in [0.2, 0.25) is 0 Å². The standard InChI is InChI=1S/C15H18BrN3O/c1-4-11-9-12(16)6-7-13(11)17-15(20)14-8-10(3)18-19(14)5-2/h6-9H,4-5H2,1-3H3,(H,17,20). The van der Waals surface area contributed by atoms with Crippen LogP contribution in [0.4, 0.5) is 5.69 Å². The normalized spacial score (nSPS) is 10.6. The summed E-state index contributed by atoms with van der Waals surface area (Å²) < 4.78 is 2.73. The zero-order chi connectivity index (χ0) is 14.7. The quantitative estimate of drug-likeness (QED) is 0.923. The first-order valence-corrected chi connectivity index (χ1v) is 7.48. The second-order valence-electron chi connectivity index (χ2n) is 4.60. The lowest BCUT2D eigenvalue weighted by atomic mass is 10.1. The van der Waals surface area contributed by atoms with E-state index in [2.05, 4.69) is 33.3 Å². The number of nitrogens with zero attached hydrogens (tertiary/aromatic N) is 2. The van der Waals surface area contributed by atoms with Crippen LogP contribution in [0.5, 0.6) is 0 Å². The Morgan fingerprint density at radius 1 is 1.35 bits per heavy atom. The molecule has 5 heteroatoms. The lowest BCUT2D eigenvalue weighted by molar-refractivity contribution is 0.101. The van der Waals surface area contributed by atoms with Gasteiger partial charge >= 0.3 is 0 Å². The second-order valence-corrected chi connectivity index (χ2v) is 5.51. The van der Waals surface area contributed by atoms with Crippen LogP contribution in [0.2, 0.25) is 0 Å². The monoisotopic (exact) mass is 335 g/mol. The maximum absolute atomic E-state index is 12.4. The van der Waals surface area contributed by atoms with Crippen molar-refractivity contribution in [3.63, 3.8) is 0 Å². The molecule has 0 aliphatic rings. The van der Waals surface area contributed by atoms with Crippen molar-refractivity contribution in [2.75, 3.05) is 5.32 Å². The van der Waals surface area contributed by atoms with Gasteiger partial charge in [0.1, 0.15) is 5.69 Å². The van der Waals surface area contributed by atoms with E-state index in [-0.39, 0.29) is 5.91 Å². The number of hydrogen-bond donors (Lipinski definition) is 1. The van der Waals surface area contributed by atoms with Gasteiger partial charge in [-0.3, -0.25) is 9.48 Å². The van der Waals surface area contributed by atoms with Gasteiger partial charge in [-0.25, -0.2) is 0 Å². The molecule has 1 aromatic carbocycles. The number of carbonyl (C=O) groups excluding carboxylic acids is 1. The number of aryl methyl sites for hydroxylation is 3. The van der Waals surface area contributed by atoms with Crippen LogP contribution in [0.3, 0.4) is 0 Å². The topological polar surface area (TPSA) is 46.9 Å². The van der Waals surface area contributed by atoms with Gasteiger partial charge in [0, 0.05) is 16.7 Å². The number of halogens is 1. The maximum Gasteiger partial charge on any atom is 0.273 e. The average Bonchev–Trinajstić information content (AvgIpc) is 2.82. The predicted octanol–water partition coefficient (Wildman–Crippen LogP) is 3.79. The van der Waals surface area contributed by atoms with Crippen molar-refractivity contribution < 1.29 is 4.79 Å². The van der Waals surface area contributed by atoms with E-state index in [9.17, 15) is 4.79 Å². The van der Waals surface area contributed by atoms with Crippen molar-refractivity contribution in [3.05, 3.63) is 45.7 Å². The van der Waals surface area contributed by atoms with Crippen LogP contribution in [0.25, 0.3) is 0 Å². The molecule has 0 saturated carbocycles. The molecule has 0 fully saturated rings. The molecule has 1 amide bonds. The van der Waals surface area contributed by atoms with Gasteiger partial charge in [0.05, 0.1) is 5.69 Å². The molecule has 2 rings (SSSR count). The molecule has 0 aliphatic carbocycles. The number of nitrogens with one attached hydrogen (secondary N) is 1. The molecular weight excluding hydrogens is 318 g/mol. The Balaban J connectivity index is 2.27. The summed E-state index contributed by atoms with van der Waals surface area (Å²) in [5.74, 6) is -0.121. The summed E-state index contributed by atoms with van der Waals surface area (Å²) in [4.78, 5) is 12.4. The van der Waals surface area contributed by atoms with Gasteiger partial charge in [-0.2, -0.15) is 5.10 Å². The smallest absolute Gasteiger partial charge is 0.273 e. The summed E-state index contributed by atoms with van der Waals surface area (Å²) in [6.45, 7) is 6.61. The van der Waals surface area contributed by atoms with Crippen LogP contribution in [0.15, 0.2) is 28.7 Å². The predicted molar refractivity (Wildman–Crippen MR) is 84.1 cm³/mol. The first kappa shape index (κ1) is 14.8. The van der Waals surface area contributed by atoms with E-state index < -0.39 is 0 Å². The first-order chi connectivity index (χ1) is 9.55. The fourth-order valence-electron chi connectivity index (χ4n) is 2.13. The summed E-state index contributed by atoms with van der Waals surface area (Å²) in [7, 11) is 0. The number of aromatic nitrogens is 2. The Kier molecular flexibility index (Phi) is 4.60. The minimum atomic E-state index is -0.121. The zero-order valence-electron chi connectivity index (χ0n) is 11.9. The van der Waals surface area contributed by atoms with Crippen molar-refractivity contribution in [3.8, 4) is 0 Å². The fourth-order valence-corrected chi connectivity index (χ4v) is 2.54. The highest BCUT2D eigenvalue weighted by molar-refractivity contribution is 9.10. The number of rotatable bonds is 4. The minimum Gasteiger partial charge on any atom is -0.320 e. The molecule has 20 heavy (non-hydrogen) atoms. The lowest BCUT2D eigenvalue weighted by Gasteiger charge is -2.11. The minimum absolute atomic E-state index is 0.121. The number of anilines is 1. The van der Waals surface area contributed by atoms with Crippen LogP contribution in [0.1, 0.15) is 35.6 Å². The van der Waals surface area contributed by atoms with Gasteiger partial charge < -0.3 is 5.32 Å². The van der Waals surface area contributed by atoms with Gasteiger partial charge in [0.25, 0.3) is 5.91 Å². The summed E-state index contributed by atoms with van der Waals surface area (Å²) in [5, 5.41) is 7.27. The van der Waals surface area contributed by atoms with Crippen LogP contribution in [0, 0.1) is 6.92 Å². The van der Waals surface area contributed by atoms with E-state index in [1.807, 2.05) is 38.1 Å². The molecule has 0 saturated heterocycles. The van der Waals surface area contributed by atoms with Crippen molar-refractivity contribution in [1.29, 1.82) is 0 Å². The van der Waals surface area contributed by atoms with Crippen LogP contribution in [-0.4, -0.2) is 15.7 Å². The van der Waals surface area contributed by atoms with Crippen molar-refractivity contribution in [1.82, 2.24) is 9.78 Å². The summed E-state index contributed by atoms with van der Waals surface area (Å²) in [6, 6.07) is 7.68. The molecule has 0 radical (unpaired) electrons. The van der Waals surface area contributed by atoms with Crippen molar-refractivity contribution >= 4 is 27.5 Å². The Morgan fingerprint density at radius 2 is 2.10 bits per heavy atom. The second kappa shape index (κ2) is 6.22. The summed E-state index contributed by atoms with van der Waals surface area (Å²) in [6.07, 6.45) is 0.862. The zero-order valence-corrected chi connectivity index (χ0v) is 13.5. The number of hydrogen-bond acceptors (Lipinski definition) is 2. The molecule has 1 aromatic heterocycles. The third kappa shape index (κ3) is 3.10. The molecule has 0 aliphatic heterocycles. The van der Waals surface area contributed by atoms with E-state index in [4.69, 9.17) is 0 Å². The van der Waals surface area contributed by atoms with Crippen molar-refractivity contribution in [2.45, 2.75) is 33.7 Å². The summed E-state index contributed by atoms with van der Waals surface area (Å²) >= 11 is 3.45. The van der Waals surface area contributed by atoms with Gasteiger partial charge in [-0.1, -0.05) is 22.9 Å². The third-order valence-electron chi connectivity index (χ3n) is 3.13. The van der Waals surface area contributed by atoms with E-state index in [1.165, 1.54) is 0 Å². The SMILES string of the molecule is CCc1cc(Br)ccc1NC(=O)c1cc(C)nn1CC. The Labute approximate surface area is 127 Å². The summed E-state index contributed by atoms with van der Waals surface area (Å²) in [5.41, 5.74) is 3.40. The Hall–Kier alpha value is -1.62. The first-order valence-electron chi connectivity index (χ1n) is 6.69. The highest BCUT2D eigenvalue weighted by atomic mass is 79.9. The highest BCUT2D eigenvalue weighted by Crippen LogP contribution is 2.22. The maximum atomic E-state index is 12.4. The molecule has 0 bridgehead atoms. The van der Waals surface area contributed by atoms with Gasteiger partial charge in [-0.15, -0.1) is 0 Å². The molecule has 4 nitrogen and oxygen atoms in total. The van der Waals surface area contributed by atoms with E-state index in [0.717, 1.165) is 27.8 Å². The van der Waals surface area contributed by atoms with Gasteiger partial charge in [-0.05, 0) is 50.1 Å². The molecule has 0 spiro atoms. The average molecular weight is 336 g/mol. The van der Waals surface area contributed by atoms with E-state index >= 15 is 0 Å². The highest BCUT2D eigenvalue weighted by Gasteiger charge is 2.14. The molecule has 0 unspecified atom stereocenters. The molecule has 1 heterocycles. The molecule has 1 N–H and O–H groups in total. The largest absolute Gasteiger partial charge is 0.320 e. The van der Waals surface area contributed by atoms with E-state index in [1.54, 1.807) is 4.68 Å². The number of benzene rings is 1. The molecular formula is C15H18BrN3O. The third-order valence-corrected chi connectivity index (χ3v) is 3.62. The van der Waals surface area contributed by atoms with Crippen LogP contribution >= 0.6 is 15.9 Å². The van der Waals surface area contributed by atoms with Crippen molar-refractivity contribution in [2.24, 2.45) is 0 Å². The van der Waals surface area contributed by atoms with E-state index in [0.29, 0.717) is 12.2 Å². The van der Waals surface area contributed by atoms with Crippen LogP contribution in [-0.2, 0) is 13.0 Å². The number of amides is 1. The van der Waals surface area contributed by atoms with Gasteiger partial charge in [0.15, 0.2) is 0 Å². The molecule has 2 aromatic rings. The Bertz CT molecular complexity index is 634. The number of carbonyl (C=O) groups is 1. The fraction of sp³-hybridized carbons (Fsp3) is 0.333. The molecule has 106 valence electrons. The molecule has 0 atom stereocenters. The Morgan fingerprint density at radius 3 is 2.75 bits per heavy atom. The lowest BCUT2D eigenvalue weighted by Crippen LogP contribution is -2.18.